The van der Waals surface area contributed by atoms with Crippen molar-refractivity contribution in [3.8, 4) is 0 Å². The van der Waals surface area contributed by atoms with Crippen molar-refractivity contribution < 1.29 is 21.6 Å². The Kier molecular flexibility index (Phi) is 6.70. The molecule has 0 saturated carbocycles. The zero-order valence-electron chi connectivity index (χ0n) is 18.2. The Bertz CT molecular complexity index is 1440. The highest BCUT2D eigenvalue weighted by Crippen LogP contribution is 2.28. The molecule has 3 aromatic rings. The van der Waals surface area contributed by atoms with Gasteiger partial charge in [-0.1, -0.05) is 15.9 Å². The van der Waals surface area contributed by atoms with Crippen molar-refractivity contribution in [1.29, 1.82) is 0 Å². The SMILES string of the molecule is Cc1cc(S(=O)(=O)Nc2ccc(S(=O)(=O)Nc3ccc(Br)cc3)cc2)ccc1N1CCCC1=O. The van der Waals surface area contributed by atoms with Crippen molar-refractivity contribution in [1.82, 2.24) is 0 Å². The van der Waals surface area contributed by atoms with E-state index in [0.29, 0.717) is 29.9 Å². The molecule has 0 spiro atoms. The minimum absolute atomic E-state index is 0.00570. The number of hydrogen-bond donors (Lipinski definition) is 2. The lowest BCUT2D eigenvalue weighted by atomic mass is 10.2. The minimum atomic E-state index is -3.91. The number of carbonyl (C=O) groups is 1. The molecule has 0 aliphatic carbocycles. The van der Waals surface area contributed by atoms with Crippen LogP contribution in [0.2, 0.25) is 0 Å². The molecule has 1 heterocycles. The van der Waals surface area contributed by atoms with E-state index in [-0.39, 0.29) is 21.4 Å². The second-order valence-corrected chi connectivity index (χ2v) is 12.1. The van der Waals surface area contributed by atoms with E-state index in [9.17, 15) is 21.6 Å². The Morgan fingerprint density at radius 3 is 1.85 bits per heavy atom. The van der Waals surface area contributed by atoms with Crippen LogP contribution in [0.15, 0.2) is 81.0 Å². The fourth-order valence-corrected chi connectivity index (χ4v) is 6.12. The van der Waals surface area contributed by atoms with E-state index in [1.54, 1.807) is 42.2 Å². The standard InChI is InChI=1S/C23H22BrN3O5S2/c1-16-15-21(12-13-22(16)27-14-2-3-23(27)28)34(31,32)26-19-8-10-20(11-9-19)33(29,30)25-18-6-4-17(24)5-7-18/h4-13,15,25-26H,2-3,14H2,1H3. The molecule has 11 heteroatoms. The van der Waals surface area contributed by atoms with Crippen molar-refractivity contribution in [2.75, 3.05) is 20.9 Å². The van der Waals surface area contributed by atoms with Crippen LogP contribution in [0.1, 0.15) is 18.4 Å². The van der Waals surface area contributed by atoms with Gasteiger partial charge in [-0.3, -0.25) is 14.2 Å². The number of aryl methyl sites for hydroxylation is 1. The quantitative estimate of drug-likeness (QED) is 0.440. The maximum absolute atomic E-state index is 12.9. The molecule has 1 amide bonds. The molecule has 1 fully saturated rings. The average Bonchev–Trinajstić information content (AvgIpc) is 3.21. The number of carbonyl (C=O) groups excluding carboxylic acids is 1. The van der Waals surface area contributed by atoms with Gasteiger partial charge < -0.3 is 4.90 Å². The molecular weight excluding hydrogens is 542 g/mol. The van der Waals surface area contributed by atoms with E-state index in [2.05, 4.69) is 25.4 Å². The molecule has 8 nitrogen and oxygen atoms in total. The van der Waals surface area contributed by atoms with Gasteiger partial charge in [-0.15, -0.1) is 0 Å². The van der Waals surface area contributed by atoms with E-state index >= 15 is 0 Å². The minimum Gasteiger partial charge on any atom is -0.312 e. The third-order valence-corrected chi connectivity index (χ3v) is 8.66. The first-order valence-electron chi connectivity index (χ1n) is 10.4. The molecule has 178 valence electrons. The maximum Gasteiger partial charge on any atom is 0.261 e. The molecule has 2 N–H and O–H groups in total. The van der Waals surface area contributed by atoms with Gasteiger partial charge in [0, 0.05) is 34.5 Å². The van der Waals surface area contributed by atoms with Crippen LogP contribution in [0.5, 0.6) is 0 Å². The lowest BCUT2D eigenvalue weighted by molar-refractivity contribution is -0.117. The second kappa shape index (κ2) is 9.40. The third kappa shape index (κ3) is 5.26. The van der Waals surface area contributed by atoms with Crippen molar-refractivity contribution in [2.45, 2.75) is 29.6 Å². The Morgan fingerprint density at radius 2 is 1.32 bits per heavy atom. The van der Waals surface area contributed by atoms with Crippen LogP contribution in [0.3, 0.4) is 0 Å². The highest BCUT2D eigenvalue weighted by atomic mass is 79.9. The molecule has 3 aromatic carbocycles. The van der Waals surface area contributed by atoms with Crippen LogP contribution in [0.25, 0.3) is 0 Å². The number of nitrogens with one attached hydrogen (secondary N) is 2. The Hall–Kier alpha value is -2.89. The monoisotopic (exact) mass is 563 g/mol. The summed E-state index contributed by atoms with van der Waals surface area (Å²) in [4.78, 5) is 13.7. The summed E-state index contributed by atoms with van der Waals surface area (Å²) in [6.45, 7) is 2.38. The lowest BCUT2D eigenvalue weighted by Crippen LogP contribution is -2.24. The number of amides is 1. The van der Waals surface area contributed by atoms with Crippen LogP contribution < -0.4 is 14.3 Å². The van der Waals surface area contributed by atoms with Crippen LogP contribution in [-0.2, 0) is 24.8 Å². The van der Waals surface area contributed by atoms with Crippen molar-refractivity contribution >= 4 is 58.9 Å². The predicted octanol–water partition coefficient (Wildman–Crippen LogP) is 4.49. The van der Waals surface area contributed by atoms with Crippen molar-refractivity contribution in [3.05, 3.63) is 76.8 Å². The van der Waals surface area contributed by atoms with Gasteiger partial charge in [-0.05, 0) is 85.6 Å². The number of benzene rings is 3. The van der Waals surface area contributed by atoms with Gasteiger partial charge in [0.2, 0.25) is 5.91 Å². The normalized spacial score (nSPS) is 14.3. The Balaban J connectivity index is 1.49. The summed E-state index contributed by atoms with van der Waals surface area (Å²) in [5, 5.41) is 0. The second-order valence-electron chi connectivity index (χ2n) is 7.84. The molecule has 0 unspecified atom stereocenters. The molecule has 1 saturated heterocycles. The smallest absolute Gasteiger partial charge is 0.261 e. The van der Waals surface area contributed by atoms with Gasteiger partial charge in [-0.25, -0.2) is 16.8 Å². The predicted molar refractivity (Wildman–Crippen MR) is 135 cm³/mol. The van der Waals surface area contributed by atoms with Crippen molar-refractivity contribution in [2.24, 2.45) is 0 Å². The maximum atomic E-state index is 12.9. The molecular formula is C23H22BrN3O5S2. The first-order chi connectivity index (χ1) is 16.0. The third-order valence-electron chi connectivity index (χ3n) is 5.36. The number of sulfonamides is 2. The van der Waals surface area contributed by atoms with Gasteiger partial charge in [-0.2, -0.15) is 0 Å². The number of halogens is 1. The number of rotatable bonds is 7. The number of anilines is 3. The summed E-state index contributed by atoms with van der Waals surface area (Å²) < 4.78 is 56.7. The Labute approximate surface area is 207 Å². The Morgan fingerprint density at radius 1 is 0.794 bits per heavy atom. The summed E-state index contributed by atoms with van der Waals surface area (Å²) in [7, 11) is -7.75. The molecule has 1 aliphatic heterocycles. The largest absolute Gasteiger partial charge is 0.312 e. The molecule has 4 rings (SSSR count). The highest BCUT2D eigenvalue weighted by Gasteiger charge is 2.24. The summed E-state index contributed by atoms with van der Waals surface area (Å²) in [5.41, 5.74) is 2.01. The van der Waals surface area contributed by atoms with Crippen LogP contribution >= 0.6 is 15.9 Å². The van der Waals surface area contributed by atoms with Crippen molar-refractivity contribution in [3.63, 3.8) is 0 Å². The molecule has 0 atom stereocenters. The summed E-state index contributed by atoms with van der Waals surface area (Å²) in [6, 6.07) is 16.7. The fourth-order valence-electron chi connectivity index (χ4n) is 3.65. The molecule has 34 heavy (non-hydrogen) atoms. The van der Waals surface area contributed by atoms with E-state index in [4.69, 9.17) is 0 Å². The topological polar surface area (TPSA) is 113 Å². The first kappa shape index (κ1) is 24.2. The van der Waals surface area contributed by atoms with E-state index in [1.807, 2.05) is 0 Å². The summed E-state index contributed by atoms with van der Waals surface area (Å²) in [6.07, 6.45) is 1.27. The van der Waals surface area contributed by atoms with Gasteiger partial charge in [0.25, 0.3) is 20.0 Å². The molecule has 0 aromatic heterocycles. The van der Waals surface area contributed by atoms with E-state index in [0.717, 1.165) is 10.9 Å². The average molecular weight is 564 g/mol. The van der Waals surface area contributed by atoms with E-state index < -0.39 is 20.0 Å². The molecule has 1 aliphatic rings. The van der Waals surface area contributed by atoms with E-state index in [1.165, 1.54) is 36.4 Å². The number of nitrogens with zero attached hydrogens (tertiary/aromatic N) is 1. The van der Waals surface area contributed by atoms with Gasteiger partial charge in [0.05, 0.1) is 9.79 Å². The first-order valence-corrected chi connectivity index (χ1v) is 14.1. The van der Waals surface area contributed by atoms with Crippen LogP contribution in [-0.4, -0.2) is 29.3 Å². The number of hydrogen-bond acceptors (Lipinski definition) is 5. The zero-order chi connectivity index (χ0) is 24.5. The fraction of sp³-hybridized carbons (Fsp3) is 0.174. The zero-order valence-corrected chi connectivity index (χ0v) is 21.4. The highest BCUT2D eigenvalue weighted by molar-refractivity contribution is 9.10. The van der Waals surface area contributed by atoms with Gasteiger partial charge in [0.15, 0.2) is 0 Å². The van der Waals surface area contributed by atoms with Gasteiger partial charge in [0.1, 0.15) is 0 Å². The van der Waals surface area contributed by atoms with Crippen LogP contribution in [0.4, 0.5) is 17.1 Å². The lowest BCUT2D eigenvalue weighted by Gasteiger charge is -2.19. The molecule has 0 radical (unpaired) electrons. The summed E-state index contributed by atoms with van der Waals surface area (Å²) >= 11 is 3.29. The van der Waals surface area contributed by atoms with Crippen LogP contribution in [0, 0.1) is 6.92 Å². The molecule has 0 bridgehead atoms. The van der Waals surface area contributed by atoms with Gasteiger partial charge >= 0.3 is 0 Å². The summed E-state index contributed by atoms with van der Waals surface area (Å²) in [5.74, 6) is 0.0292.